The molecule has 0 spiro atoms. The molecule has 41 heavy (non-hydrogen) atoms. The minimum Gasteiger partial charge on any atom is -0.457 e. The number of methoxy groups -OCH3 is 1. The number of alkyl carbamates (subject to hydrolysis) is 1. The standard InChI is InChI=1S/C32H51NO8/c1-8-26(35)24(6)31-28(39-31)18-20(2)10-9-11-22(4)30-23(5)13-15-27(40-32(37)33-16-17-38-7)21(3)12-14-25(34)19-29(36)41-30/h9-11,13,15,20,23-28,30-31,34-35H,3,8,12,14,16-19H2,1-2,4-7H3,(H,33,37)/b10-9+,15-13+,22-11+. The topological polar surface area (TPSA) is 127 Å². The molecule has 1 amide bonds. The zero-order valence-electron chi connectivity index (χ0n) is 25.6. The van der Waals surface area contributed by atoms with Crippen LogP contribution in [0, 0.1) is 17.8 Å². The van der Waals surface area contributed by atoms with Crippen molar-refractivity contribution in [1.82, 2.24) is 5.32 Å². The molecule has 3 N–H and O–H groups in total. The Morgan fingerprint density at radius 1 is 1.32 bits per heavy atom. The highest BCUT2D eigenvalue weighted by Gasteiger charge is 2.44. The summed E-state index contributed by atoms with van der Waals surface area (Å²) < 4.78 is 22.2. The van der Waals surface area contributed by atoms with Gasteiger partial charge in [-0.25, -0.2) is 4.79 Å². The summed E-state index contributed by atoms with van der Waals surface area (Å²) in [7, 11) is 1.55. The summed E-state index contributed by atoms with van der Waals surface area (Å²) in [6, 6.07) is 0. The van der Waals surface area contributed by atoms with Gasteiger partial charge in [-0.1, -0.05) is 58.6 Å². The minimum absolute atomic E-state index is 0.108. The van der Waals surface area contributed by atoms with Crippen molar-refractivity contribution in [2.24, 2.45) is 17.8 Å². The Bertz CT molecular complexity index is 944. The number of nitrogens with one attached hydrogen (secondary N) is 1. The van der Waals surface area contributed by atoms with Gasteiger partial charge in [0.25, 0.3) is 0 Å². The predicted molar refractivity (Wildman–Crippen MR) is 158 cm³/mol. The third-order valence-corrected chi connectivity index (χ3v) is 7.76. The number of cyclic esters (lactones) is 1. The van der Waals surface area contributed by atoms with Crippen LogP contribution >= 0.6 is 0 Å². The SMILES string of the molecule is C=C1CCC(O)CC(=O)OC(/C(C)=C/C=C/C(C)CC2OC2C(C)C(O)CC)C(C)/C=C/C1OC(=O)NCCOC. The van der Waals surface area contributed by atoms with Crippen LogP contribution in [0.2, 0.25) is 0 Å². The summed E-state index contributed by atoms with van der Waals surface area (Å²) in [5.41, 5.74) is 1.48. The van der Waals surface area contributed by atoms with Crippen LogP contribution in [0.25, 0.3) is 0 Å². The maximum Gasteiger partial charge on any atom is 0.408 e. The van der Waals surface area contributed by atoms with Crippen LogP contribution in [0.15, 0.2) is 48.1 Å². The number of esters is 1. The molecule has 9 atom stereocenters. The minimum atomic E-state index is -0.894. The summed E-state index contributed by atoms with van der Waals surface area (Å²) in [4.78, 5) is 24.9. The first-order chi connectivity index (χ1) is 19.5. The third kappa shape index (κ3) is 12.1. The molecular weight excluding hydrogens is 526 g/mol. The highest BCUT2D eigenvalue weighted by Crippen LogP contribution is 2.36. The summed E-state index contributed by atoms with van der Waals surface area (Å²) >= 11 is 0. The first-order valence-electron chi connectivity index (χ1n) is 14.8. The zero-order valence-corrected chi connectivity index (χ0v) is 25.6. The molecule has 2 rings (SSSR count). The van der Waals surface area contributed by atoms with E-state index in [-0.39, 0.29) is 42.5 Å². The van der Waals surface area contributed by atoms with E-state index >= 15 is 0 Å². The number of rotatable bonds is 12. The van der Waals surface area contributed by atoms with Crippen LogP contribution in [0.3, 0.4) is 0 Å². The first kappa shape index (κ1) is 34.7. The van der Waals surface area contributed by atoms with Gasteiger partial charge >= 0.3 is 12.1 Å². The Morgan fingerprint density at radius 2 is 2.05 bits per heavy atom. The number of epoxide rings is 1. The molecule has 2 heterocycles. The largest absolute Gasteiger partial charge is 0.457 e. The van der Waals surface area contributed by atoms with Crippen molar-refractivity contribution in [3.63, 3.8) is 0 Å². The second-order valence-corrected chi connectivity index (χ2v) is 11.4. The van der Waals surface area contributed by atoms with Gasteiger partial charge in [0.1, 0.15) is 12.2 Å². The molecule has 232 valence electrons. The molecule has 2 aliphatic rings. The molecule has 0 aromatic heterocycles. The van der Waals surface area contributed by atoms with E-state index in [9.17, 15) is 19.8 Å². The molecule has 9 heteroatoms. The molecule has 0 saturated carbocycles. The maximum atomic E-state index is 12.7. The third-order valence-electron chi connectivity index (χ3n) is 7.76. The van der Waals surface area contributed by atoms with Crippen molar-refractivity contribution in [1.29, 1.82) is 0 Å². The second-order valence-electron chi connectivity index (χ2n) is 11.4. The second kappa shape index (κ2) is 17.5. The van der Waals surface area contributed by atoms with Crippen LogP contribution in [-0.4, -0.2) is 79.2 Å². The number of allylic oxidation sites excluding steroid dienone is 3. The van der Waals surface area contributed by atoms with Crippen LogP contribution in [0.5, 0.6) is 0 Å². The molecule has 1 fully saturated rings. The average Bonchev–Trinajstić information content (AvgIpc) is 3.69. The van der Waals surface area contributed by atoms with E-state index in [1.807, 2.05) is 45.9 Å². The van der Waals surface area contributed by atoms with E-state index in [0.29, 0.717) is 31.6 Å². The number of amides is 1. The van der Waals surface area contributed by atoms with Crippen molar-refractivity contribution in [3.8, 4) is 0 Å². The van der Waals surface area contributed by atoms with Crippen LogP contribution in [-0.2, 0) is 23.7 Å². The molecule has 2 aliphatic heterocycles. The predicted octanol–water partition coefficient (Wildman–Crippen LogP) is 4.64. The molecular formula is C32H51NO8. The number of aliphatic hydroxyl groups excluding tert-OH is 2. The lowest BCUT2D eigenvalue weighted by molar-refractivity contribution is -0.151. The van der Waals surface area contributed by atoms with Gasteiger partial charge in [-0.2, -0.15) is 0 Å². The van der Waals surface area contributed by atoms with Crippen LogP contribution < -0.4 is 5.32 Å². The van der Waals surface area contributed by atoms with Gasteiger partial charge in [-0.05, 0) is 55.7 Å². The summed E-state index contributed by atoms with van der Waals surface area (Å²) in [6.07, 6.45) is 8.96. The van der Waals surface area contributed by atoms with E-state index in [4.69, 9.17) is 18.9 Å². The van der Waals surface area contributed by atoms with Gasteiger partial charge in [0, 0.05) is 25.5 Å². The van der Waals surface area contributed by atoms with Gasteiger partial charge in [-0.3, -0.25) is 4.79 Å². The molecule has 9 nitrogen and oxygen atoms in total. The van der Waals surface area contributed by atoms with E-state index in [2.05, 4.69) is 24.9 Å². The number of aliphatic hydroxyl groups is 2. The van der Waals surface area contributed by atoms with Gasteiger partial charge in [0.05, 0.1) is 37.4 Å². The monoisotopic (exact) mass is 577 g/mol. The molecule has 1 saturated heterocycles. The van der Waals surface area contributed by atoms with Crippen molar-refractivity contribution in [2.45, 2.75) is 103 Å². The Labute approximate surface area is 245 Å². The summed E-state index contributed by atoms with van der Waals surface area (Å²) in [6.45, 7) is 14.7. The Kier molecular flexibility index (Phi) is 14.8. The fourth-order valence-electron chi connectivity index (χ4n) is 4.98. The lowest BCUT2D eigenvalue weighted by atomic mass is 9.93. The van der Waals surface area contributed by atoms with E-state index < -0.39 is 30.4 Å². The number of carbonyl (C=O) groups is 2. The van der Waals surface area contributed by atoms with Crippen LogP contribution in [0.4, 0.5) is 4.79 Å². The van der Waals surface area contributed by atoms with Crippen molar-refractivity contribution >= 4 is 12.1 Å². The van der Waals surface area contributed by atoms with Gasteiger partial charge in [0.15, 0.2) is 0 Å². The molecule has 0 aromatic carbocycles. The van der Waals surface area contributed by atoms with Gasteiger partial charge < -0.3 is 34.5 Å². The maximum absolute atomic E-state index is 12.7. The van der Waals surface area contributed by atoms with Gasteiger partial charge in [0.2, 0.25) is 0 Å². The summed E-state index contributed by atoms with van der Waals surface area (Å²) in [5, 5.41) is 23.1. The fraction of sp³-hybridized carbons (Fsp3) is 0.688. The lowest BCUT2D eigenvalue weighted by Gasteiger charge is -2.26. The molecule has 0 bridgehead atoms. The average molecular weight is 578 g/mol. The Morgan fingerprint density at radius 3 is 2.73 bits per heavy atom. The van der Waals surface area contributed by atoms with E-state index in [0.717, 1.165) is 18.4 Å². The van der Waals surface area contributed by atoms with E-state index in [1.165, 1.54) is 0 Å². The molecule has 9 unspecified atom stereocenters. The van der Waals surface area contributed by atoms with E-state index in [1.54, 1.807) is 13.2 Å². The zero-order chi connectivity index (χ0) is 30.5. The summed E-state index contributed by atoms with van der Waals surface area (Å²) in [5.74, 6) is -0.311. The van der Waals surface area contributed by atoms with Crippen molar-refractivity contribution in [3.05, 3.63) is 48.1 Å². The van der Waals surface area contributed by atoms with Crippen molar-refractivity contribution in [2.75, 3.05) is 20.3 Å². The number of ether oxygens (including phenoxy) is 4. The number of carbonyl (C=O) groups excluding carboxylic acids is 2. The number of hydrogen-bond donors (Lipinski definition) is 3. The normalized spacial score (nSPS) is 30.9. The highest BCUT2D eigenvalue weighted by molar-refractivity contribution is 5.70. The number of hydrogen-bond acceptors (Lipinski definition) is 8. The lowest BCUT2D eigenvalue weighted by Crippen LogP contribution is -2.32. The molecule has 0 aromatic rings. The van der Waals surface area contributed by atoms with Crippen molar-refractivity contribution < 1.29 is 38.7 Å². The Balaban J connectivity index is 2.09. The quantitative estimate of drug-likeness (QED) is 0.101. The first-order valence-corrected chi connectivity index (χ1v) is 14.8. The van der Waals surface area contributed by atoms with Crippen LogP contribution in [0.1, 0.15) is 66.7 Å². The molecule has 0 aliphatic carbocycles. The Hall–Kier alpha value is -2.46. The highest BCUT2D eigenvalue weighted by atomic mass is 16.6. The molecule has 0 radical (unpaired) electrons. The fourth-order valence-corrected chi connectivity index (χ4v) is 4.98. The smallest absolute Gasteiger partial charge is 0.408 e. The van der Waals surface area contributed by atoms with Gasteiger partial charge in [-0.15, -0.1) is 0 Å².